The third-order valence-corrected chi connectivity index (χ3v) is 6.64. The molecule has 0 aliphatic carbocycles. The summed E-state index contributed by atoms with van der Waals surface area (Å²) in [6.45, 7) is 9.28. The number of amides is 2. The predicted octanol–water partition coefficient (Wildman–Crippen LogP) is 6.60. The Kier molecular flexibility index (Phi) is 14.8. The third-order valence-electron chi connectivity index (χ3n) is 6.64. The van der Waals surface area contributed by atoms with Gasteiger partial charge < -0.3 is 28.4 Å². The van der Waals surface area contributed by atoms with Crippen molar-refractivity contribution < 1.29 is 33.0 Å². The van der Waals surface area contributed by atoms with Gasteiger partial charge in [0.1, 0.15) is 5.60 Å². The molecule has 0 aromatic carbocycles. The molecule has 0 radical (unpaired) electrons. The number of unbranched alkanes of at least 4 members (excludes halogenated alkanes) is 11. The summed E-state index contributed by atoms with van der Waals surface area (Å²) in [4.78, 5) is 40.1. The summed E-state index contributed by atoms with van der Waals surface area (Å²) in [6.07, 6.45) is 14.9. The van der Waals surface area contributed by atoms with Crippen LogP contribution in [0.2, 0.25) is 0 Å². The predicted molar refractivity (Wildman–Crippen MR) is 150 cm³/mol. The fraction of sp³-hybridized carbons (Fsp3) is 0.767. The van der Waals surface area contributed by atoms with Crippen LogP contribution in [0.1, 0.15) is 115 Å². The minimum atomic E-state index is -0.712. The standard InChI is InChI=1S/C30H50N2O7/c1-5-6-7-8-9-10-11-12-13-14-15-16-23-36-27-18-17-25(38-27)28(34)37-24-26(33)31-19-21-32(22-20-31)29(35)39-30(2,3)4/h17-18H,5-16,19-24H2,1-4H3. The van der Waals surface area contributed by atoms with Gasteiger partial charge in [0.15, 0.2) is 6.61 Å². The molecule has 1 fully saturated rings. The average molecular weight is 551 g/mol. The van der Waals surface area contributed by atoms with Crippen LogP contribution in [0.5, 0.6) is 5.95 Å². The van der Waals surface area contributed by atoms with E-state index in [-0.39, 0.29) is 24.2 Å². The molecule has 0 saturated carbocycles. The number of furan rings is 1. The number of ether oxygens (including phenoxy) is 3. The monoisotopic (exact) mass is 550 g/mol. The first-order valence-corrected chi connectivity index (χ1v) is 14.8. The van der Waals surface area contributed by atoms with Gasteiger partial charge in [0.25, 0.3) is 11.9 Å². The second-order valence-corrected chi connectivity index (χ2v) is 11.3. The molecule has 2 amide bonds. The number of carbonyl (C=O) groups is 3. The molecule has 222 valence electrons. The molecular weight excluding hydrogens is 500 g/mol. The van der Waals surface area contributed by atoms with E-state index >= 15 is 0 Å². The Hall–Kier alpha value is -2.71. The first kappa shape index (κ1) is 32.5. The highest BCUT2D eigenvalue weighted by atomic mass is 16.6. The third kappa shape index (κ3) is 13.8. The van der Waals surface area contributed by atoms with Gasteiger partial charge >= 0.3 is 12.1 Å². The van der Waals surface area contributed by atoms with Gasteiger partial charge in [-0.15, -0.1) is 0 Å². The maximum absolute atomic E-state index is 12.5. The van der Waals surface area contributed by atoms with Crippen LogP contribution in [0, 0.1) is 0 Å². The van der Waals surface area contributed by atoms with Crippen LogP contribution in [-0.4, -0.2) is 72.8 Å². The summed E-state index contributed by atoms with van der Waals surface area (Å²) in [5, 5.41) is 0. The van der Waals surface area contributed by atoms with Crippen LogP contribution in [0.25, 0.3) is 0 Å². The lowest BCUT2D eigenvalue weighted by molar-refractivity contribution is -0.136. The van der Waals surface area contributed by atoms with Crippen molar-refractivity contribution in [1.29, 1.82) is 0 Å². The van der Waals surface area contributed by atoms with E-state index in [0.29, 0.717) is 32.8 Å². The van der Waals surface area contributed by atoms with E-state index in [9.17, 15) is 14.4 Å². The molecule has 2 rings (SSSR count). The molecule has 1 aliphatic heterocycles. The molecule has 2 heterocycles. The average Bonchev–Trinajstić information content (AvgIpc) is 3.38. The van der Waals surface area contributed by atoms with Crippen molar-refractivity contribution in [3.05, 3.63) is 17.9 Å². The van der Waals surface area contributed by atoms with Crippen molar-refractivity contribution in [1.82, 2.24) is 9.80 Å². The Labute approximate surface area is 234 Å². The van der Waals surface area contributed by atoms with Crippen LogP contribution in [-0.2, 0) is 14.3 Å². The molecule has 1 aromatic rings. The summed E-state index contributed by atoms with van der Waals surface area (Å²) < 4.78 is 21.5. The molecule has 0 spiro atoms. The number of carbonyl (C=O) groups excluding carboxylic acids is 3. The van der Waals surface area contributed by atoms with Crippen molar-refractivity contribution in [3.8, 4) is 5.95 Å². The zero-order valence-corrected chi connectivity index (χ0v) is 24.6. The number of hydrogen-bond donors (Lipinski definition) is 0. The molecule has 1 aliphatic rings. The maximum Gasteiger partial charge on any atom is 0.410 e. The van der Waals surface area contributed by atoms with E-state index in [1.165, 1.54) is 70.3 Å². The van der Waals surface area contributed by atoms with Crippen LogP contribution < -0.4 is 4.74 Å². The Morgan fingerprint density at radius 2 is 1.33 bits per heavy atom. The summed E-state index contributed by atoms with van der Waals surface area (Å²) in [5.74, 6) is -0.755. The van der Waals surface area contributed by atoms with Gasteiger partial charge in [0.2, 0.25) is 5.76 Å². The molecule has 0 N–H and O–H groups in total. The first-order valence-electron chi connectivity index (χ1n) is 14.8. The Morgan fingerprint density at radius 3 is 1.90 bits per heavy atom. The number of nitrogens with zero attached hydrogens (tertiary/aromatic N) is 2. The second-order valence-electron chi connectivity index (χ2n) is 11.3. The van der Waals surface area contributed by atoms with Crippen molar-refractivity contribution in [2.24, 2.45) is 0 Å². The minimum absolute atomic E-state index is 0.00207. The molecule has 39 heavy (non-hydrogen) atoms. The summed E-state index contributed by atoms with van der Waals surface area (Å²) in [6, 6.07) is 3.08. The van der Waals surface area contributed by atoms with Crippen molar-refractivity contribution in [2.45, 2.75) is 110 Å². The lowest BCUT2D eigenvalue weighted by Crippen LogP contribution is -2.52. The van der Waals surface area contributed by atoms with Crippen LogP contribution in [0.4, 0.5) is 4.79 Å². The van der Waals surface area contributed by atoms with E-state index in [1.54, 1.807) is 15.9 Å². The molecule has 0 bridgehead atoms. The maximum atomic E-state index is 12.5. The highest BCUT2D eigenvalue weighted by Gasteiger charge is 2.28. The Bertz CT molecular complexity index is 854. The Morgan fingerprint density at radius 1 is 0.795 bits per heavy atom. The summed E-state index contributed by atoms with van der Waals surface area (Å²) in [5.41, 5.74) is -0.568. The largest absolute Gasteiger partial charge is 0.465 e. The van der Waals surface area contributed by atoms with E-state index < -0.39 is 17.7 Å². The topological polar surface area (TPSA) is 98.5 Å². The fourth-order valence-electron chi connectivity index (χ4n) is 4.38. The normalized spacial score (nSPS) is 13.8. The molecule has 0 atom stereocenters. The number of hydrogen-bond acceptors (Lipinski definition) is 7. The molecule has 1 saturated heterocycles. The van der Waals surface area contributed by atoms with Gasteiger partial charge in [-0.3, -0.25) is 4.79 Å². The number of rotatable bonds is 17. The second kappa shape index (κ2) is 17.8. The fourth-order valence-corrected chi connectivity index (χ4v) is 4.38. The van der Waals surface area contributed by atoms with E-state index in [0.717, 1.165) is 12.8 Å². The van der Waals surface area contributed by atoms with Crippen molar-refractivity contribution in [2.75, 3.05) is 39.4 Å². The van der Waals surface area contributed by atoms with Gasteiger partial charge in [0, 0.05) is 32.2 Å². The first-order chi connectivity index (χ1) is 18.7. The van der Waals surface area contributed by atoms with E-state index in [2.05, 4.69) is 6.92 Å². The zero-order chi connectivity index (χ0) is 28.5. The van der Waals surface area contributed by atoms with Crippen LogP contribution in [0.15, 0.2) is 16.5 Å². The lowest BCUT2D eigenvalue weighted by atomic mass is 10.1. The Balaban J connectivity index is 1.53. The zero-order valence-electron chi connectivity index (χ0n) is 24.6. The molecule has 0 unspecified atom stereocenters. The van der Waals surface area contributed by atoms with Crippen molar-refractivity contribution >= 4 is 18.0 Å². The van der Waals surface area contributed by atoms with Crippen LogP contribution >= 0.6 is 0 Å². The van der Waals surface area contributed by atoms with E-state index in [1.807, 2.05) is 20.8 Å². The molecule has 1 aromatic heterocycles. The molecule has 9 heteroatoms. The van der Waals surface area contributed by atoms with Crippen LogP contribution in [0.3, 0.4) is 0 Å². The quantitative estimate of drug-likeness (QED) is 0.159. The highest BCUT2D eigenvalue weighted by Crippen LogP contribution is 2.18. The summed E-state index contributed by atoms with van der Waals surface area (Å²) >= 11 is 0. The van der Waals surface area contributed by atoms with Crippen molar-refractivity contribution in [3.63, 3.8) is 0 Å². The van der Waals surface area contributed by atoms with Gasteiger partial charge in [-0.25, -0.2) is 9.59 Å². The smallest absolute Gasteiger partial charge is 0.410 e. The van der Waals surface area contributed by atoms with Gasteiger partial charge in [0.05, 0.1) is 6.61 Å². The van der Waals surface area contributed by atoms with Gasteiger partial charge in [-0.2, -0.15) is 0 Å². The van der Waals surface area contributed by atoms with Gasteiger partial charge in [-0.1, -0.05) is 77.6 Å². The number of piperazine rings is 1. The molecular formula is C30H50N2O7. The SMILES string of the molecule is CCCCCCCCCCCCCCOc1ccc(C(=O)OCC(=O)N2CCN(C(=O)OC(C)(C)C)CC2)o1. The number of esters is 1. The van der Waals surface area contributed by atoms with Gasteiger partial charge in [-0.05, 0) is 33.3 Å². The summed E-state index contributed by atoms with van der Waals surface area (Å²) in [7, 11) is 0. The minimum Gasteiger partial charge on any atom is -0.465 e. The highest BCUT2D eigenvalue weighted by molar-refractivity contribution is 5.89. The van der Waals surface area contributed by atoms with E-state index in [4.69, 9.17) is 18.6 Å². The lowest BCUT2D eigenvalue weighted by Gasteiger charge is -2.35. The molecule has 9 nitrogen and oxygen atoms in total.